The molecule has 8 heteroatoms. The lowest BCUT2D eigenvalue weighted by molar-refractivity contribution is -0.154. The molecule has 2 N–H and O–H groups in total. The number of ether oxygens (including phenoxy) is 2. The van der Waals surface area contributed by atoms with E-state index in [-0.39, 0.29) is 43.5 Å². The van der Waals surface area contributed by atoms with Crippen LogP contribution in [0.4, 0.5) is 4.79 Å². The highest BCUT2D eigenvalue weighted by Crippen LogP contribution is 2.44. The van der Waals surface area contributed by atoms with Gasteiger partial charge in [-0.2, -0.15) is 0 Å². The van der Waals surface area contributed by atoms with Gasteiger partial charge in [0.1, 0.15) is 13.2 Å². The van der Waals surface area contributed by atoms with Gasteiger partial charge in [-0.1, -0.05) is 55.5 Å². The fourth-order valence-electron chi connectivity index (χ4n) is 4.34. The van der Waals surface area contributed by atoms with Gasteiger partial charge in [0.2, 0.25) is 5.91 Å². The molecule has 2 amide bonds. The molecular formula is C25H28N2O6. The van der Waals surface area contributed by atoms with Crippen LogP contribution in [0.25, 0.3) is 11.1 Å². The summed E-state index contributed by atoms with van der Waals surface area (Å²) in [7, 11) is 0. The standard InChI is InChI=1S/C25H28N2O6/c1-16(10-23(28)27-12-17(13-27)32-15-24(29)30)11-26-25(31)33-14-22-20-8-4-2-6-18(20)19-7-3-5-9-21(19)22/h2-9,16-17,22H,10-15H2,1H3,(H,26,31)(H,29,30). The molecule has 1 saturated heterocycles. The molecule has 1 atom stereocenters. The van der Waals surface area contributed by atoms with Gasteiger partial charge in [-0.25, -0.2) is 9.59 Å². The Kier molecular flexibility index (Phi) is 6.93. The number of aliphatic carboxylic acids is 1. The molecule has 2 aromatic rings. The molecule has 1 aliphatic heterocycles. The van der Waals surface area contributed by atoms with Crippen molar-refractivity contribution in [1.29, 1.82) is 0 Å². The number of carboxylic acids is 1. The lowest BCUT2D eigenvalue weighted by Gasteiger charge is -2.39. The molecule has 1 unspecified atom stereocenters. The fraction of sp³-hybridized carbons (Fsp3) is 0.400. The highest BCUT2D eigenvalue weighted by atomic mass is 16.5. The van der Waals surface area contributed by atoms with E-state index in [4.69, 9.17) is 14.6 Å². The van der Waals surface area contributed by atoms with E-state index in [0.717, 1.165) is 11.1 Å². The molecule has 0 saturated carbocycles. The zero-order valence-electron chi connectivity index (χ0n) is 18.5. The zero-order chi connectivity index (χ0) is 23.4. The van der Waals surface area contributed by atoms with E-state index in [1.165, 1.54) is 11.1 Å². The second-order valence-corrected chi connectivity index (χ2v) is 8.64. The summed E-state index contributed by atoms with van der Waals surface area (Å²) in [5, 5.41) is 11.4. The second-order valence-electron chi connectivity index (χ2n) is 8.64. The molecule has 33 heavy (non-hydrogen) atoms. The fourth-order valence-corrected chi connectivity index (χ4v) is 4.34. The number of carbonyl (C=O) groups is 3. The number of carboxylic acid groups (broad SMARTS) is 1. The number of nitrogens with one attached hydrogen (secondary N) is 1. The number of hydrogen-bond acceptors (Lipinski definition) is 5. The SMILES string of the molecule is CC(CNC(=O)OCC1c2ccccc2-c2ccccc21)CC(=O)N1CC(OCC(=O)O)C1. The molecule has 174 valence electrons. The number of likely N-dealkylation sites (tertiary alicyclic amines) is 1. The van der Waals surface area contributed by atoms with Gasteiger partial charge in [0, 0.05) is 32.0 Å². The van der Waals surface area contributed by atoms with Crippen LogP contribution in [0.5, 0.6) is 0 Å². The molecule has 2 aliphatic rings. The Morgan fingerprint density at radius 1 is 1.06 bits per heavy atom. The van der Waals surface area contributed by atoms with Crippen molar-refractivity contribution in [3.63, 3.8) is 0 Å². The molecule has 4 rings (SSSR count). The van der Waals surface area contributed by atoms with Gasteiger partial charge >= 0.3 is 12.1 Å². The van der Waals surface area contributed by atoms with Crippen LogP contribution >= 0.6 is 0 Å². The Balaban J connectivity index is 1.19. The molecule has 8 nitrogen and oxygen atoms in total. The number of benzene rings is 2. The molecule has 1 heterocycles. The molecular weight excluding hydrogens is 424 g/mol. The van der Waals surface area contributed by atoms with Crippen molar-refractivity contribution in [1.82, 2.24) is 10.2 Å². The minimum absolute atomic E-state index is 0.00450. The van der Waals surface area contributed by atoms with E-state index in [2.05, 4.69) is 29.6 Å². The third-order valence-corrected chi connectivity index (χ3v) is 6.10. The summed E-state index contributed by atoms with van der Waals surface area (Å²) in [4.78, 5) is 36.7. The Labute approximate surface area is 192 Å². The van der Waals surface area contributed by atoms with Gasteiger partial charge in [0.05, 0.1) is 6.10 Å². The van der Waals surface area contributed by atoms with Crippen molar-refractivity contribution in [2.75, 3.05) is 32.8 Å². The summed E-state index contributed by atoms with van der Waals surface area (Å²) >= 11 is 0. The molecule has 1 fully saturated rings. The maximum Gasteiger partial charge on any atom is 0.407 e. The Morgan fingerprint density at radius 2 is 1.67 bits per heavy atom. The zero-order valence-corrected chi connectivity index (χ0v) is 18.5. The summed E-state index contributed by atoms with van der Waals surface area (Å²) in [6.45, 7) is 2.91. The number of hydrogen-bond donors (Lipinski definition) is 2. The van der Waals surface area contributed by atoms with E-state index in [0.29, 0.717) is 19.6 Å². The first kappa shape index (κ1) is 22.8. The Morgan fingerprint density at radius 3 is 2.27 bits per heavy atom. The highest BCUT2D eigenvalue weighted by Gasteiger charge is 2.32. The number of amides is 2. The van der Waals surface area contributed by atoms with E-state index in [9.17, 15) is 14.4 Å². The van der Waals surface area contributed by atoms with Crippen LogP contribution in [0.3, 0.4) is 0 Å². The highest BCUT2D eigenvalue weighted by molar-refractivity contribution is 5.79. The van der Waals surface area contributed by atoms with Crippen molar-refractivity contribution in [3.8, 4) is 11.1 Å². The summed E-state index contributed by atoms with van der Waals surface area (Å²) in [6, 6.07) is 16.3. The largest absolute Gasteiger partial charge is 0.480 e. The smallest absolute Gasteiger partial charge is 0.407 e. The first-order chi connectivity index (χ1) is 15.9. The lowest BCUT2D eigenvalue weighted by atomic mass is 9.98. The number of carbonyl (C=O) groups excluding carboxylic acids is 2. The molecule has 0 aromatic heterocycles. The summed E-state index contributed by atoms with van der Waals surface area (Å²) in [5.41, 5.74) is 4.67. The summed E-state index contributed by atoms with van der Waals surface area (Å²) < 4.78 is 10.7. The van der Waals surface area contributed by atoms with Crippen LogP contribution in [0, 0.1) is 5.92 Å². The first-order valence-electron chi connectivity index (χ1n) is 11.1. The van der Waals surface area contributed by atoms with Crippen molar-refractivity contribution in [2.45, 2.75) is 25.4 Å². The average Bonchev–Trinajstić information content (AvgIpc) is 3.09. The van der Waals surface area contributed by atoms with Crippen molar-refractivity contribution < 1.29 is 29.0 Å². The quantitative estimate of drug-likeness (QED) is 0.606. The minimum Gasteiger partial charge on any atom is -0.480 e. The van der Waals surface area contributed by atoms with Crippen LogP contribution in [0.2, 0.25) is 0 Å². The molecule has 0 radical (unpaired) electrons. The number of alkyl carbamates (subject to hydrolysis) is 1. The van der Waals surface area contributed by atoms with Gasteiger partial charge < -0.3 is 24.8 Å². The van der Waals surface area contributed by atoms with Crippen molar-refractivity contribution in [2.24, 2.45) is 5.92 Å². The molecule has 0 spiro atoms. The topological polar surface area (TPSA) is 105 Å². The van der Waals surface area contributed by atoms with Crippen LogP contribution in [-0.2, 0) is 19.1 Å². The van der Waals surface area contributed by atoms with E-state index < -0.39 is 12.1 Å². The number of fused-ring (bicyclic) bond motifs is 3. The van der Waals surface area contributed by atoms with Crippen molar-refractivity contribution >= 4 is 18.0 Å². The Bertz CT molecular complexity index is 988. The number of rotatable bonds is 9. The van der Waals surface area contributed by atoms with Crippen LogP contribution < -0.4 is 5.32 Å². The van der Waals surface area contributed by atoms with E-state index in [1.807, 2.05) is 31.2 Å². The molecule has 0 bridgehead atoms. The monoisotopic (exact) mass is 452 g/mol. The van der Waals surface area contributed by atoms with Gasteiger partial charge in [-0.3, -0.25) is 4.79 Å². The van der Waals surface area contributed by atoms with Crippen LogP contribution in [-0.4, -0.2) is 66.9 Å². The number of nitrogens with zero attached hydrogens (tertiary/aromatic N) is 1. The average molecular weight is 453 g/mol. The van der Waals surface area contributed by atoms with E-state index in [1.54, 1.807) is 4.90 Å². The van der Waals surface area contributed by atoms with E-state index >= 15 is 0 Å². The summed E-state index contributed by atoms with van der Waals surface area (Å²) in [5.74, 6) is -1.11. The van der Waals surface area contributed by atoms with Crippen LogP contribution in [0.1, 0.15) is 30.4 Å². The first-order valence-corrected chi connectivity index (χ1v) is 11.1. The minimum atomic E-state index is -1.02. The molecule has 2 aromatic carbocycles. The third-order valence-electron chi connectivity index (χ3n) is 6.10. The predicted molar refractivity (Wildman–Crippen MR) is 121 cm³/mol. The van der Waals surface area contributed by atoms with Crippen molar-refractivity contribution in [3.05, 3.63) is 59.7 Å². The maximum absolute atomic E-state index is 12.3. The third kappa shape index (κ3) is 5.34. The molecule has 1 aliphatic carbocycles. The lowest BCUT2D eigenvalue weighted by Crippen LogP contribution is -2.55. The normalized spacial score (nSPS) is 15.8. The predicted octanol–water partition coefficient (Wildman–Crippen LogP) is 2.86. The second kappa shape index (κ2) is 10.0. The maximum atomic E-state index is 12.3. The van der Waals surface area contributed by atoms with Gasteiger partial charge in [0.25, 0.3) is 0 Å². The van der Waals surface area contributed by atoms with Gasteiger partial charge in [-0.05, 0) is 28.2 Å². The Hall–Kier alpha value is -3.39. The van der Waals surface area contributed by atoms with Gasteiger partial charge in [0.15, 0.2) is 0 Å². The van der Waals surface area contributed by atoms with Crippen LogP contribution in [0.15, 0.2) is 48.5 Å². The summed E-state index contributed by atoms with van der Waals surface area (Å²) in [6.07, 6.45) is -0.434. The van der Waals surface area contributed by atoms with Gasteiger partial charge in [-0.15, -0.1) is 0 Å².